The van der Waals surface area contributed by atoms with Crippen molar-refractivity contribution < 1.29 is 9.18 Å². The molecule has 0 radical (unpaired) electrons. The Kier molecular flexibility index (Phi) is 4.51. The van der Waals surface area contributed by atoms with E-state index in [0.29, 0.717) is 10.6 Å². The monoisotopic (exact) mass is 288 g/mol. The first kappa shape index (κ1) is 14.3. The summed E-state index contributed by atoms with van der Waals surface area (Å²) in [5.74, 6) is 4.58. The molecule has 20 heavy (non-hydrogen) atoms. The van der Waals surface area contributed by atoms with E-state index >= 15 is 0 Å². The van der Waals surface area contributed by atoms with E-state index in [1.54, 1.807) is 0 Å². The summed E-state index contributed by atoms with van der Waals surface area (Å²) in [7, 11) is 0. The van der Waals surface area contributed by atoms with Gasteiger partial charge in [0.1, 0.15) is 5.82 Å². The lowest BCUT2D eigenvalue weighted by Crippen LogP contribution is -2.11. The predicted molar refractivity (Wildman–Crippen MR) is 79.3 cm³/mol. The summed E-state index contributed by atoms with van der Waals surface area (Å²) < 4.78 is 13.5. The molecule has 0 bridgehead atoms. The molecule has 0 aliphatic rings. The van der Waals surface area contributed by atoms with Crippen molar-refractivity contribution in [2.24, 2.45) is 5.73 Å². The van der Waals surface area contributed by atoms with Gasteiger partial charge in [0.25, 0.3) is 5.91 Å². The van der Waals surface area contributed by atoms with Gasteiger partial charge in [0.15, 0.2) is 0 Å². The van der Waals surface area contributed by atoms with Gasteiger partial charge < -0.3 is 11.1 Å². The Bertz CT molecular complexity index is 697. The maximum atomic E-state index is 13.5. The average molecular weight is 288 g/mol. The maximum Gasteiger partial charge on any atom is 0.265 e. The largest absolute Gasteiger partial charge is 0.321 e. The van der Waals surface area contributed by atoms with Crippen LogP contribution in [-0.4, -0.2) is 12.5 Å². The predicted octanol–water partition coefficient (Wildman–Crippen LogP) is 2.76. The van der Waals surface area contributed by atoms with Crippen molar-refractivity contribution in [3.8, 4) is 11.8 Å². The normalized spacial score (nSPS) is 9.75. The van der Waals surface area contributed by atoms with E-state index in [4.69, 9.17) is 5.73 Å². The first-order valence-electron chi connectivity index (χ1n) is 5.95. The van der Waals surface area contributed by atoms with Crippen molar-refractivity contribution in [1.29, 1.82) is 0 Å². The zero-order valence-corrected chi connectivity index (χ0v) is 11.7. The summed E-state index contributed by atoms with van der Waals surface area (Å²) >= 11 is 1.37. The van der Waals surface area contributed by atoms with Gasteiger partial charge in [0.2, 0.25) is 0 Å². The van der Waals surface area contributed by atoms with Gasteiger partial charge in [0.05, 0.1) is 17.0 Å². The zero-order valence-electron chi connectivity index (χ0n) is 10.9. The number of nitrogens with two attached hydrogens (primary N) is 1. The number of hydrogen-bond donors (Lipinski definition) is 2. The molecule has 0 aliphatic carbocycles. The lowest BCUT2D eigenvalue weighted by atomic mass is 10.2. The lowest BCUT2D eigenvalue weighted by Gasteiger charge is -2.05. The van der Waals surface area contributed by atoms with Crippen LogP contribution in [0.15, 0.2) is 29.6 Å². The molecule has 0 saturated carbocycles. The molecule has 3 nitrogen and oxygen atoms in total. The number of aryl methyl sites for hydroxylation is 1. The molecule has 1 heterocycles. The summed E-state index contributed by atoms with van der Waals surface area (Å²) in [4.78, 5) is 12.7. The van der Waals surface area contributed by atoms with Crippen LogP contribution in [0.5, 0.6) is 0 Å². The van der Waals surface area contributed by atoms with Crippen molar-refractivity contribution in [1.82, 2.24) is 0 Å². The number of hydrogen-bond acceptors (Lipinski definition) is 3. The van der Waals surface area contributed by atoms with Gasteiger partial charge in [-0.15, -0.1) is 11.3 Å². The Morgan fingerprint density at radius 1 is 1.45 bits per heavy atom. The Balaban J connectivity index is 2.22. The van der Waals surface area contributed by atoms with E-state index in [9.17, 15) is 9.18 Å². The molecule has 3 N–H and O–H groups in total. The van der Waals surface area contributed by atoms with Gasteiger partial charge >= 0.3 is 0 Å². The molecular weight excluding hydrogens is 275 g/mol. The fraction of sp³-hybridized carbons (Fsp3) is 0.133. The summed E-state index contributed by atoms with van der Waals surface area (Å²) in [6.07, 6.45) is 0. The van der Waals surface area contributed by atoms with Crippen molar-refractivity contribution >= 4 is 22.9 Å². The molecule has 1 aromatic carbocycles. The highest BCUT2D eigenvalue weighted by Crippen LogP contribution is 2.19. The van der Waals surface area contributed by atoms with Crippen LogP contribution in [0.4, 0.5) is 10.1 Å². The van der Waals surface area contributed by atoms with E-state index in [-0.39, 0.29) is 18.0 Å². The van der Waals surface area contributed by atoms with Crippen LogP contribution in [0.2, 0.25) is 0 Å². The summed E-state index contributed by atoms with van der Waals surface area (Å²) in [6.45, 7) is 2.03. The van der Waals surface area contributed by atoms with Crippen molar-refractivity contribution in [2.45, 2.75) is 6.92 Å². The molecule has 2 aromatic rings. The Labute approximate surface area is 120 Å². The zero-order chi connectivity index (χ0) is 14.5. The van der Waals surface area contributed by atoms with Crippen LogP contribution < -0.4 is 11.1 Å². The number of nitrogens with one attached hydrogen (secondary N) is 1. The number of benzene rings is 1. The van der Waals surface area contributed by atoms with E-state index in [1.165, 1.54) is 29.5 Å². The third kappa shape index (κ3) is 3.23. The lowest BCUT2D eigenvalue weighted by molar-refractivity contribution is 0.103. The highest BCUT2D eigenvalue weighted by molar-refractivity contribution is 7.12. The molecule has 2 rings (SSSR count). The fourth-order valence-electron chi connectivity index (χ4n) is 1.64. The van der Waals surface area contributed by atoms with Crippen LogP contribution in [0.25, 0.3) is 0 Å². The highest BCUT2D eigenvalue weighted by atomic mass is 32.1. The van der Waals surface area contributed by atoms with Gasteiger partial charge in [-0.2, -0.15) is 0 Å². The molecule has 0 spiro atoms. The fourth-order valence-corrected chi connectivity index (χ4v) is 2.46. The van der Waals surface area contributed by atoms with Gasteiger partial charge in [-0.25, -0.2) is 4.39 Å². The molecule has 1 aromatic heterocycles. The summed E-state index contributed by atoms with van der Waals surface area (Å²) in [6, 6.07) is 6.16. The van der Waals surface area contributed by atoms with Gasteiger partial charge in [0, 0.05) is 5.69 Å². The molecule has 0 aliphatic heterocycles. The minimum absolute atomic E-state index is 0.157. The highest BCUT2D eigenvalue weighted by Gasteiger charge is 2.11. The van der Waals surface area contributed by atoms with Gasteiger partial charge in [-0.1, -0.05) is 11.8 Å². The number of anilines is 1. The minimum atomic E-state index is -0.434. The number of carbonyl (C=O) groups excluding carboxylic acids is 1. The molecule has 0 unspecified atom stereocenters. The molecule has 0 saturated heterocycles. The van der Waals surface area contributed by atoms with Crippen LogP contribution in [0.1, 0.15) is 20.8 Å². The van der Waals surface area contributed by atoms with Crippen LogP contribution >= 0.6 is 11.3 Å². The van der Waals surface area contributed by atoms with Gasteiger partial charge in [-0.05, 0) is 42.1 Å². The molecule has 0 fully saturated rings. The SMILES string of the molecule is Cc1ccsc1C(=O)Nc1ccc(F)c(C#CCN)c1. The Hall–Kier alpha value is -2.16. The second kappa shape index (κ2) is 6.33. The summed E-state index contributed by atoms with van der Waals surface area (Å²) in [5.41, 5.74) is 6.90. The molecule has 0 atom stereocenters. The smallest absolute Gasteiger partial charge is 0.265 e. The number of halogens is 1. The number of amides is 1. The average Bonchev–Trinajstić information content (AvgIpc) is 2.85. The van der Waals surface area contributed by atoms with Crippen LogP contribution in [-0.2, 0) is 0 Å². The first-order chi connectivity index (χ1) is 9.61. The molecular formula is C15H13FN2OS. The van der Waals surface area contributed by atoms with E-state index in [0.717, 1.165) is 5.56 Å². The minimum Gasteiger partial charge on any atom is -0.321 e. The van der Waals surface area contributed by atoms with Crippen LogP contribution in [0.3, 0.4) is 0 Å². The second-order valence-electron chi connectivity index (χ2n) is 4.09. The summed E-state index contributed by atoms with van der Waals surface area (Å²) in [5, 5.41) is 4.59. The standard InChI is InChI=1S/C15H13FN2OS/c1-10-6-8-20-14(10)15(19)18-12-4-5-13(16)11(9-12)3-2-7-17/h4-6,8-9H,7,17H2,1H3,(H,18,19). The molecule has 102 valence electrons. The molecule has 1 amide bonds. The van der Waals surface area contributed by atoms with E-state index in [2.05, 4.69) is 17.2 Å². The van der Waals surface area contributed by atoms with Gasteiger partial charge in [-0.3, -0.25) is 4.79 Å². The Morgan fingerprint density at radius 3 is 2.90 bits per heavy atom. The van der Waals surface area contributed by atoms with Crippen molar-refractivity contribution in [3.05, 3.63) is 51.5 Å². The Morgan fingerprint density at radius 2 is 2.25 bits per heavy atom. The third-order valence-electron chi connectivity index (χ3n) is 2.62. The van der Waals surface area contributed by atoms with Crippen LogP contribution in [0, 0.1) is 24.6 Å². The van der Waals surface area contributed by atoms with Crippen molar-refractivity contribution in [3.63, 3.8) is 0 Å². The maximum absolute atomic E-state index is 13.5. The molecule has 5 heteroatoms. The third-order valence-corrected chi connectivity index (χ3v) is 3.63. The second-order valence-corrected chi connectivity index (χ2v) is 5.00. The van der Waals surface area contributed by atoms with Crippen molar-refractivity contribution in [2.75, 3.05) is 11.9 Å². The topological polar surface area (TPSA) is 55.1 Å². The number of carbonyl (C=O) groups is 1. The first-order valence-corrected chi connectivity index (χ1v) is 6.83. The quantitative estimate of drug-likeness (QED) is 0.835. The number of rotatable bonds is 2. The van der Waals surface area contributed by atoms with E-state index < -0.39 is 5.82 Å². The number of thiophene rings is 1. The van der Waals surface area contributed by atoms with E-state index in [1.807, 2.05) is 18.4 Å².